The van der Waals surface area contributed by atoms with Gasteiger partial charge < -0.3 is 20.1 Å². The first-order valence-corrected chi connectivity index (χ1v) is 4.10. The fourth-order valence-electron chi connectivity index (χ4n) is 0.926. The predicted octanol–water partition coefficient (Wildman–Crippen LogP) is -1.08. The normalized spacial score (nSPS) is 33.8. The first kappa shape index (κ1) is 7.49. The molecule has 2 aliphatic heterocycles. The van der Waals surface area contributed by atoms with E-state index >= 15 is 0 Å². The first-order valence-electron chi connectivity index (χ1n) is 4.10. The van der Waals surface area contributed by atoms with E-state index < -0.39 is 0 Å². The lowest BCUT2D eigenvalue weighted by Crippen LogP contribution is -2.33. The van der Waals surface area contributed by atoms with E-state index in [1.54, 1.807) is 0 Å². The highest BCUT2D eigenvalue weighted by Crippen LogP contribution is 2.06. The Hall–Kier alpha value is -0.160. The average molecular weight is 158 g/mol. The summed E-state index contributed by atoms with van der Waals surface area (Å²) in [5.41, 5.74) is 0. The number of nitrogens with one attached hydrogen (secondary N) is 2. The lowest BCUT2D eigenvalue weighted by Gasteiger charge is -2.02. The van der Waals surface area contributed by atoms with Gasteiger partial charge in [0.25, 0.3) is 0 Å². The monoisotopic (exact) mass is 158 g/mol. The summed E-state index contributed by atoms with van der Waals surface area (Å²) in [5.74, 6) is 0. The lowest BCUT2D eigenvalue weighted by atomic mass is 10.5. The maximum absolute atomic E-state index is 5.03. The fraction of sp³-hybridized carbons (Fsp3) is 1.00. The second kappa shape index (κ2) is 3.49. The van der Waals surface area contributed by atoms with Crippen molar-refractivity contribution < 1.29 is 9.47 Å². The number of ether oxygens (including phenoxy) is 2. The minimum atomic E-state index is 0.481. The number of hydrogen-bond donors (Lipinski definition) is 2. The molecule has 64 valence electrons. The maximum Gasteiger partial charge on any atom is 0.0934 e. The Kier molecular flexibility index (Phi) is 2.38. The molecule has 4 nitrogen and oxygen atoms in total. The highest BCUT2D eigenvalue weighted by Gasteiger charge is 2.22. The van der Waals surface area contributed by atoms with E-state index in [1.807, 2.05) is 0 Å². The van der Waals surface area contributed by atoms with Crippen molar-refractivity contribution in [2.24, 2.45) is 0 Å². The molecule has 2 unspecified atom stereocenters. The average Bonchev–Trinajstić information content (AvgIpc) is 2.83. The number of hydrogen-bond acceptors (Lipinski definition) is 4. The molecule has 2 atom stereocenters. The van der Waals surface area contributed by atoms with Gasteiger partial charge in [-0.2, -0.15) is 0 Å². The zero-order valence-electron chi connectivity index (χ0n) is 6.51. The van der Waals surface area contributed by atoms with Crippen LogP contribution in [0.2, 0.25) is 0 Å². The van der Waals surface area contributed by atoms with Crippen molar-refractivity contribution in [2.45, 2.75) is 12.2 Å². The van der Waals surface area contributed by atoms with Crippen LogP contribution in [0.4, 0.5) is 0 Å². The predicted molar refractivity (Wildman–Crippen MR) is 40.4 cm³/mol. The van der Waals surface area contributed by atoms with Crippen LogP contribution in [-0.2, 0) is 9.47 Å². The van der Waals surface area contributed by atoms with Crippen molar-refractivity contribution in [3.63, 3.8) is 0 Å². The lowest BCUT2D eigenvalue weighted by molar-refractivity contribution is 0.379. The van der Waals surface area contributed by atoms with Gasteiger partial charge in [-0.1, -0.05) is 0 Å². The zero-order valence-corrected chi connectivity index (χ0v) is 6.51. The summed E-state index contributed by atoms with van der Waals surface area (Å²) in [7, 11) is 0. The van der Waals surface area contributed by atoms with E-state index in [2.05, 4.69) is 10.6 Å². The second-order valence-electron chi connectivity index (χ2n) is 3.00. The summed E-state index contributed by atoms with van der Waals surface area (Å²) >= 11 is 0. The topological polar surface area (TPSA) is 49.1 Å². The van der Waals surface area contributed by atoms with E-state index in [0.29, 0.717) is 12.2 Å². The SMILES string of the molecule is C(NCC1CO1)NCC1CO1. The van der Waals surface area contributed by atoms with Gasteiger partial charge in [-0.15, -0.1) is 0 Å². The molecule has 2 rings (SSSR count). The van der Waals surface area contributed by atoms with Gasteiger partial charge in [0.2, 0.25) is 0 Å². The molecule has 0 saturated carbocycles. The van der Waals surface area contributed by atoms with Crippen LogP contribution in [0.3, 0.4) is 0 Å². The molecular weight excluding hydrogens is 144 g/mol. The Morgan fingerprint density at radius 3 is 1.82 bits per heavy atom. The van der Waals surface area contributed by atoms with Crippen molar-refractivity contribution in [3.05, 3.63) is 0 Å². The molecule has 11 heavy (non-hydrogen) atoms. The summed E-state index contributed by atoms with van der Waals surface area (Å²) in [4.78, 5) is 0. The van der Waals surface area contributed by atoms with E-state index in [0.717, 1.165) is 33.0 Å². The van der Waals surface area contributed by atoms with E-state index in [9.17, 15) is 0 Å². The third-order valence-electron chi connectivity index (χ3n) is 1.80. The molecule has 2 aliphatic rings. The van der Waals surface area contributed by atoms with Crippen LogP contribution >= 0.6 is 0 Å². The summed E-state index contributed by atoms with van der Waals surface area (Å²) in [6.07, 6.45) is 0.961. The van der Waals surface area contributed by atoms with Crippen LogP contribution in [0.5, 0.6) is 0 Å². The molecular formula is C7H14N2O2. The summed E-state index contributed by atoms with van der Waals surface area (Å²) < 4.78 is 10.1. The Balaban J connectivity index is 1.35. The van der Waals surface area contributed by atoms with Crippen molar-refractivity contribution in [1.82, 2.24) is 10.6 Å². The van der Waals surface area contributed by atoms with E-state index in [4.69, 9.17) is 9.47 Å². The Morgan fingerprint density at radius 1 is 1.00 bits per heavy atom. The van der Waals surface area contributed by atoms with E-state index in [-0.39, 0.29) is 0 Å². The Bertz CT molecular complexity index is 110. The number of epoxide rings is 2. The summed E-state index contributed by atoms with van der Waals surface area (Å²) in [5, 5.41) is 6.48. The van der Waals surface area contributed by atoms with Gasteiger partial charge >= 0.3 is 0 Å². The molecule has 0 aliphatic carbocycles. The molecule has 0 spiro atoms. The van der Waals surface area contributed by atoms with Gasteiger partial charge in [0.15, 0.2) is 0 Å². The molecule has 2 heterocycles. The van der Waals surface area contributed by atoms with Crippen LogP contribution in [0.1, 0.15) is 0 Å². The third kappa shape index (κ3) is 3.16. The molecule has 2 saturated heterocycles. The molecule has 0 bridgehead atoms. The molecule has 0 aromatic heterocycles. The van der Waals surface area contributed by atoms with Crippen LogP contribution in [0, 0.1) is 0 Å². The summed E-state index contributed by atoms with van der Waals surface area (Å²) in [6.45, 7) is 4.66. The minimum absolute atomic E-state index is 0.481. The van der Waals surface area contributed by atoms with Crippen molar-refractivity contribution in [1.29, 1.82) is 0 Å². The van der Waals surface area contributed by atoms with Gasteiger partial charge in [-0.3, -0.25) is 0 Å². The van der Waals surface area contributed by atoms with Crippen molar-refractivity contribution in [3.8, 4) is 0 Å². The molecule has 0 radical (unpaired) electrons. The standard InChI is InChI=1S/C7H14N2O2/c1(6-3-10-6)8-5-9-2-7-4-11-7/h6-9H,1-5H2. The fourth-order valence-corrected chi connectivity index (χ4v) is 0.926. The van der Waals surface area contributed by atoms with Crippen LogP contribution in [0.25, 0.3) is 0 Å². The Labute approximate surface area is 66.2 Å². The van der Waals surface area contributed by atoms with Crippen LogP contribution < -0.4 is 10.6 Å². The maximum atomic E-state index is 5.03. The molecule has 0 aromatic carbocycles. The van der Waals surface area contributed by atoms with Crippen LogP contribution in [0.15, 0.2) is 0 Å². The molecule has 2 N–H and O–H groups in total. The van der Waals surface area contributed by atoms with E-state index in [1.165, 1.54) is 0 Å². The van der Waals surface area contributed by atoms with Gasteiger partial charge in [-0.05, 0) is 0 Å². The summed E-state index contributed by atoms with van der Waals surface area (Å²) in [6, 6.07) is 0. The Morgan fingerprint density at radius 2 is 1.45 bits per heavy atom. The second-order valence-corrected chi connectivity index (χ2v) is 3.00. The molecule has 4 heteroatoms. The van der Waals surface area contributed by atoms with Crippen molar-refractivity contribution >= 4 is 0 Å². The smallest absolute Gasteiger partial charge is 0.0934 e. The highest BCUT2D eigenvalue weighted by atomic mass is 16.6. The van der Waals surface area contributed by atoms with Crippen LogP contribution in [-0.4, -0.2) is 45.2 Å². The van der Waals surface area contributed by atoms with Gasteiger partial charge in [0.1, 0.15) is 0 Å². The number of rotatable bonds is 6. The van der Waals surface area contributed by atoms with Gasteiger partial charge in [0, 0.05) is 19.8 Å². The molecule has 0 aromatic rings. The minimum Gasteiger partial charge on any atom is -0.372 e. The quantitative estimate of drug-likeness (QED) is 0.293. The largest absolute Gasteiger partial charge is 0.372 e. The third-order valence-corrected chi connectivity index (χ3v) is 1.80. The zero-order chi connectivity index (χ0) is 7.52. The van der Waals surface area contributed by atoms with Gasteiger partial charge in [0.05, 0.1) is 25.4 Å². The molecule has 2 fully saturated rings. The molecule has 0 amide bonds. The highest BCUT2D eigenvalue weighted by molar-refractivity contribution is 4.73. The first-order chi connectivity index (χ1) is 5.45. The van der Waals surface area contributed by atoms with Gasteiger partial charge in [-0.25, -0.2) is 0 Å². The van der Waals surface area contributed by atoms with Crippen molar-refractivity contribution in [2.75, 3.05) is 33.0 Å².